The highest BCUT2D eigenvalue weighted by Gasteiger charge is 2.22. The van der Waals surface area contributed by atoms with Gasteiger partial charge in [-0.1, -0.05) is 17.3 Å². The number of aromatic nitrogens is 2. The lowest BCUT2D eigenvalue weighted by Crippen LogP contribution is -2.34. The van der Waals surface area contributed by atoms with Crippen LogP contribution in [0.4, 0.5) is 0 Å². The van der Waals surface area contributed by atoms with Crippen molar-refractivity contribution in [3.63, 3.8) is 0 Å². The molecule has 1 saturated heterocycles. The number of methoxy groups -OCH3 is 1. The van der Waals surface area contributed by atoms with Crippen LogP contribution in [0.5, 0.6) is 5.75 Å². The number of hydrogen-bond acceptors (Lipinski definition) is 6. The van der Waals surface area contributed by atoms with Gasteiger partial charge in [-0.3, -0.25) is 0 Å². The van der Waals surface area contributed by atoms with Crippen molar-refractivity contribution in [2.45, 2.75) is 6.04 Å². The summed E-state index contributed by atoms with van der Waals surface area (Å²) >= 11 is 0. The van der Waals surface area contributed by atoms with Crippen LogP contribution in [0.25, 0.3) is 11.4 Å². The average molecular weight is 298 g/mol. The molecule has 1 aliphatic heterocycles. The first-order chi connectivity index (χ1) is 9.38. The average Bonchev–Trinajstić information content (AvgIpc) is 2.98. The summed E-state index contributed by atoms with van der Waals surface area (Å²) in [6, 6.07) is 7.55. The van der Waals surface area contributed by atoms with Gasteiger partial charge in [0.15, 0.2) is 0 Å². The van der Waals surface area contributed by atoms with Crippen LogP contribution in [0.3, 0.4) is 0 Å². The normalized spacial score (nSPS) is 18.4. The van der Waals surface area contributed by atoms with Crippen molar-refractivity contribution in [1.29, 1.82) is 0 Å². The molecule has 1 atom stereocenters. The lowest BCUT2D eigenvalue weighted by Gasteiger charge is -2.20. The third-order valence-corrected chi connectivity index (χ3v) is 3.01. The Labute approximate surface area is 122 Å². The number of nitrogens with zero attached hydrogens (tertiary/aromatic N) is 2. The molecule has 0 spiro atoms. The summed E-state index contributed by atoms with van der Waals surface area (Å²) in [7, 11) is 1.62. The fourth-order valence-corrected chi connectivity index (χ4v) is 2.04. The Balaban J connectivity index is 0.00000147. The number of hydrogen-bond donors (Lipinski definition) is 1. The number of para-hydroxylation sites is 1. The molecular weight excluding hydrogens is 282 g/mol. The number of rotatable bonds is 3. The van der Waals surface area contributed by atoms with Gasteiger partial charge in [-0.25, -0.2) is 0 Å². The summed E-state index contributed by atoms with van der Waals surface area (Å²) in [6.45, 7) is 2.05. The second-order valence-electron chi connectivity index (χ2n) is 4.24. The number of nitrogens with one attached hydrogen (secondary N) is 1. The van der Waals surface area contributed by atoms with E-state index < -0.39 is 0 Å². The van der Waals surface area contributed by atoms with Crippen LogP contribution in [0.1, 0.15) is 11.9 Å². The Morgan fingerprint density at radius 2 is 2.20 bits per heavy atom. The van der Waals surface area contributed by atoms with Gasteiger partial charge < -0.3 is 19.3 Å². The summed E-state index contributed by atoms with van der Waals surface area (Å²) in [5, 5.41) is 7.28. The molecule has 0 amide bonds. The van der Waals surface area contributed by atoms with E-state index in [0.717, 1.165) is 17.9 Å². The van der Waals surface area contributed by atoms with Crippen molar-refractivity contribution >= 4 is 12.4 Å². The molecule has 0 bridgehead atoms. The Bertz CT molecular complexity index is 555. The maximum absolute atomic E-state index is 5.38. The largest absolute Gasteiger partial charge is 0.496 e. The molecule has 1 aromatic heterocycles. The first-order valence-electron chi connectivity index (χ1n) is 6.16. The molecule has 1 fully saturated rings. The third kappa shape index (κ3) is 2.92. The molecule has 0 aliphatic carbocycles. The number of halogens is 1. The third-order valence-electron chi connectivity index (χ3n) is 3.01. The van der Waals surface area contributed by atoms with Crippen LogP contribution in [0.15, 0.2) is 28.8 Å². The zero-order valence-corrected chi connectivity index (χ0v) is 11.9. The minimum absolute atomic E-state index is 0. The second-order valence-corrected chi connectivity index (χ2v) is 4.24. The van der Waals surface area contributed by atoms with Gasteiger partial charge in [0.1, 0.15) is 11.8 Å². The Hall–Kier alpha value is -1.63. The molecule has 2 heterocycles. The monoisotopic (exact) mass is 297 g/mol. The molecule has 2 aromatic rings. The maximum Gasteiger partial charge on any atom is 0.246 e. The van der Waals surface area contributed by atoms with E-state index in [1.807, 2.05) is 24.3 Å². The summed E-state index contributed by atoms with van der Waals surface area (Å²) in [6.07, 6.45) is 0. The first kappa shape index (κ1) is 14.8. The van der Waals surface area contributed by atoms with Crippen LogP contribution in [0, 0.1) is 0 Å². The first-order valence-corrected chi connectivity index (χ1v) is 6.16. The molecule has 3 rings (SSSR count). The smallest absolute Gasteiger partial charge is 0.246 e. The second kappa shape index (κ2) is 6.69. The Morgan fingerprint density at radius 3 is 2.95 bits per heavy atom. The minimum atomic E-state index is -0.0373. The SMILES string of the molecule is COc1ccccc1-c1noc(C2COCCN2)n1.Cl. The molecule has 20 heavy (non-hydrogen) atoms. The van der Waals surface area contributed by atoms with E-state index in [-0.39, 0.29) is 18.4 Å². The summed E-state index contributed by atoms with van der Waals surface area (Å²) < 4.78 is 16.0. The fourth-order valence-electron chi connectivity index (χ4n) is 2.04. The highest BCUT2D eigenvalue weighted by Crippen LogP contribution is 2.28. The van der Waals surface area contributed by atoms with Crippen LogP contribution < -0.4 is 10.1 Å². The molecule has 1 N–H and O–H groups in total. The molecular formula is C13H16ClN3O3. The van der Waals surface area contributed by atoms with Crippen molar-refractivity contribution in [1.82, 2.24) is 15.5 Å². The molecule has 1 aliphatic rings. The molecule has 1 aromatic carbocycles. The highest BCUT2D eigenvalue weighted by molar-refractivity contribution is 5.85. The molecule has 0 saturated carbocycles. The number of morpholine rings is 1. The van der Waals surface area contributed by atoms with Gasteiger partial charge in [0.2, 0.25) is 11.7 Å². The van der Waals surface area contributed by atoms with Gasteiger partial charge in [-0.05, 0) is 12.1 Å². The molecule has 0 radical (unpaired) electrons. The van der Waals surface area contributed by atoms with Gasteiger partial charge in [-0.15, -0.1) is 12.4 Å². The van der Waals surface area contributed by atoms with E-state index in [2.05, 4.69) is 15.5 Å². The Kier molecular flexibility index (Phi) is 4.94. The van der Waals surface area contributed by atoms with Crippen LogP contribution >= 0.6 is 12.4 Å². The van der Waals surface area contributed by atoms with E-state index in [1.165, 1.54) is 0 Å². The summed E-state index contributed by atoms with van der Waals surface area (Å²) in [5.41, 5.74) is 0.816. The van der Waals surface area contributed by atoms with Gasteiger partial charge in [0, 0.05) is 6.54 Å². The van der Waals surface area contributed by atoms with E-state index in [4.69, 9.17) is 14.0 Å². The van der Waals surface area contributed by atoms with Crippen LogP contribution in [-0.4, -0.2) is 37.0 Å². The predicted octanol–water partition coefficient (Wildman–Crippen LogP) is 1.83. The minimum Gasteiger partial charge on any atom is -0.496 e. The van der Waals surface area contributed by atoms with Gasteiger partial charge in [0.05, 0.1) is 25.9 Å². The van der Waals surface area contributed by atoms with Crippen molar-refractivity contribution in [2.75, 3.05) is 26.9 Å². The fraction of sp³-hybridized carbons (Fsp3) is 0.385. The van der Waals surface area contributed by atoms with Crippen molar-refractivity contribution in [3.8, 4) is 17.1 Å². The number of benzene rings is 1. The molecule has 108 valence electrons. The lowest BCUT2D eigenvalue weighted by atomic mass is 10.2. The van der Waals surface area contributed by atoms with Gasteiger partial charge in [-0.2, -0.15) is 4.98 Å². The standard InChI is InChI=1S/C13H15N3O3.ClH/c1-17-11-5-3-2-4-9(11)12-15-13(19-16-12)10-8-18-7-6-14-10;/h2-5,10,14H,6-8H2,1H3;1H. The molecule has 7 heteroatoms. The van der Waals surface area contributed by atoms with E-state index in [1.54, 1.807) is 7.11 Å². The highest BCUT2D eigenvalue weighted by atomic mass is 35.5. The summed E-state index contributed by atoms with van der Waals surface area (Å²) in [4.78, 5) is 4.41. The van der Waals surface area contributed by atoms with E-state index in [9.17, 15) is 0 Å². The van der Waals surface area contributed by atoms with E-state index in [0.29, 0.717) is 24.9 Å². The zero-order valence-electron chi connectivity index (χ0n) is 11.0. The van der Waals surface area contributed by atoms with Crippen molar-refractivity contribution in [3.05, 3.63) is 30.2 Å². The molecule has 1 unspecified atom stereocenters. The van der Waals surface area contributed by atoms with Crippen molar-refractivity contribution < 1.29 is 14.0 Å². The summed E-state index contributed by atoms with van der Waals surface area (Å²) in [5.74, 6) is 1.79. The number of ether oxygens (including phenoxy) is 2. The van der Waals surface area contributed by atoms with Gasteiger partial charge >= 0.3 is 0 Å². The van der Waals surface area contributed by atoms with E-state index >= 15 is 0 Å². The Morgan fingerprint density at radius 1 is 1.35 bits per heavy atom. The quantitative estimate of drug-likeness (QED) is 0.932. The van der Waals surface area contributed by atoms with Crippen molar-refractivity contribution in [2.24, 2.45) is 0 Å². The zero-order chi connectivity index (χ0) is 13.1. The van der Waals surface area contributed by atoms with Crippen LogP contribution in [0.2, 0.25) is 0 Å². The van der Waals surface area contributed by atoms with Crippen LogP contribution in [-0.2, 0) is 4.74 Å². The topological polar surface area (TPSA) is 69.4 Å². The van der Waals surface area contributed by atoms with Gasteiger partial charge in [0.25, 0.3) is 0 Å². The predicted molar refractivity (Wildman–Crippen MR) is 75.1 cm³/mol. The molecule has 6 nitrogen and oxygen atoms in total. The lowest BCUT2D eigenvalue weighted by molar-refractivity contribution is 0.0659. The maximum atomic E-state index is 5.38.